The Morgan fingerprint density at radius 3 is 2.68 bits per heavy atom. The predicted octanol–water partition coefficient (Wildman–Crippen LogP) is 2.99. The number of amides is 1. The fourth-order valence-electron chi connectivity index (χ4n) is 2.32. The Morgan fingerprint density at radius 1 is 1.42 bits per heavy atom. The van der Waals surface area contributed by atoms with Gasteiger partial charge >= 0.3 is 0 Å². The van der Waals surface area contributed by atoms with Crippen molar-refractivity contribution in [2.75, 3.05) is 6.26 Å². The molecule has 1 saturated carbocycles. The SMILES string of the molecule is CSc1ccc([N+](=O)[O-])c(C(=O)NC2CCCC2)c1. The van der Waals surface area contributed by atoms with Crippen LogP contribution in [0.1, 0.15) is 36.0 Å². The summed E-state index contributed by atoms with van der Waals surface area (Å²) in [6, 6.07) is 4.81. The minimum atomic E-state index is -0.506. The van der Waals surface area contributed by atoms with Gasteiger partial charge in [-0.25, -0.2) is 0 Å². The first-order valence-corrected chi connectivity index (χ1v) is 7.47. The molecule has 1 amide bonds. The van der Waals surface area contributed by atoms with Gasteiger partial charge in [0.2, 0.25) is 0 Å². The molecule has 0 aliphatic heterocycles. The molecule has 1 aliphatic carbocycles. The lowest BCUT2D eigenvalue weighted by molar-refractivity contribution is -0.385. The number of carbonyl (C=O) groups excluding carboxylic acids is 1. The number of nitro groups is 1. The molecule has 1 N–H and O–H groups in total. The molecule has 2 rings (SSSR count). The summed E-state index contributed by atoms with van der Waals surface area (Å²) in [5, 5.41) is 13.9. The van der Waals surface area contributed by atoms with E-state index in [-0.39, 0.29) is 23.2 Å². The van der Waals surface area contributed by atoms with Crippen molar-refractivity contribution in [2.45, 2.75) is 36.6 Å². The highest BCUT2D eigenvalue weighted by Crippen LogP contribution is 2.25. The van der Waals surface area contributed by atoms with Crippen molar-refractivity contribution in [1.29, 1.82) is 0 Å². The zero-order valence-electron chi connectivity index (χ0n) is 10.7. The average Bonchev–Trinajstić information content (AvgIpc) is 2.90. The summed E-state index contributed by atoms with van der Waals surface area (Å²) >= 11 is 1.46. The number of nitro benzene ring substituents is 1. The Hall–Kier alpha value is -1.56. The second-order valence-electron chi connectivity index (χ2n) is 4.60. The third kappa shape index (κ3) is 3.26. The van der Waals surface area contributed by atoms with Gasteiger partial charge in [-0.15, -0.1) is 11.8 Å². The smallest absolute Gasteiger partial charge is 0.282 e. The molecule has 5 nitrogen and oxygen atoms in total. The molecule has 0 heterocycles. The van der Waals surface area contributed by atoms with Gasteiger partial charge in [-0.1, -0.05) is 12.8 Å². The van der Waals surface area contributed by atoms with Crippen LogP contribution in [0.25, 0.3) is 0 Å². The Morgan fingerprint density at radius 2 is 2.11 bits per heavy atom. The number of thioether (sulfide) groups is 1. The first-order chi connectivity index (χ1) is 9.11. The van der Waals surface area contributed by atoms with Gasteiger partial charge in [0.05, 0.1) is 4.92 Å². The second kappa shape index (κ2) is 6.06. The molecule has 0 unspecified atom stereocenters. The van der Waals surface area contributed by atoms with Crippen molar-refractivity contribution >= 4 is 23.4 Å². The van der Waals surface area contributed by atoms with Crippen LogP contribution < -0.4 is 5.32 Å². The van der Waals surface area contributed by atoms with E-state index >= 15 is 0 Å². The summed E-state index contributed by atoms with van der Waals surface area (Å²) in [6.07, 6.45) is 6.01. The molecule has 19 heavy (non-hydrogen) atoms. The van der Waals surface area contributed by atoms with Crippen molar-refractivity contribution in [3.8, 4) is 0 Å². The van der Waals surface area contributed by atoms with Crippen LogP contribution in [0.15, 0.2) is 23.1 Å². The van der Waals surface area contributed by atoms with E-state index in [9.17, 15) is 14.9 Å². The molecule has 0 aromatic heterocycles. The van der Waals surface area contributed by atoms with Crippen LogP contribution >= 0.6 is 11.8 Å². The fraction of sp³-hybridized carbons (Fsp3) is 0.462. The number of carbonyl (C=O) groups is 1. The van der Waals surface area contributed by atoms with Crippen LogP contribution in [0, 0.1) is 10.1 Å². The van der Waals surface area contributed by atoms with Gasteiger partial charge in [0.25, 0.3) is 11.6 Å². The predicted molar refractivity (Wildman–Crippen MR) is 74.6 cm³/mol. The maximum absolute atomic E-state index is 12.2. The summed E-state index contributed by atoms with van der Waals surface area (Å²) in [5.41, 5.74) is 0.0250. The van der Waals surface area contributed by atoms with E-state index < -0.39 is 4.92 Å². The van der Waals surface area contributed by atoms with Crippen molar-refractivity contribution in [3.63, 3.8) is 0 Å². The minimum absolute atomic E-state index is 0.131. The summed E-state index contributed by atoms with van der Waals surface area (Å²) < 4.78 is 0. The van der Waals surface area contributed by atoms with Crippen molar-refractivity contribution < 1.29 is 9.72 Å². The minimum Gasteiger partial charge on any atom is -0.349 e. The third-order valence-electron chi connectivity index (χ3n) is 3.34. The lowest BCUT2D eigenvalue weighted by atomic mass is 10.1. The average molecular weight is 280 g/mol. The number of benzene rings is 1. The summed E-state index contributed by atoms with van der Waals surface area (Å²) in [6.45, 7) is 0. The van der Waals surface area contributed by atoms with E-state index in [0.29, 0.717) is 0 Å². The van der Waals surface area contributed by atoms with Gasteiger partial charge in [0.15, 0.2) is 0 Å². The lowest BCUT2D eigenvalue weighted by Gasteiger charge is -2.12. The molecule has 1 aromatic rings. The Kier molecular flexibility index (Phi) is 4.42. The molecule has 0 radical (unpaired) electrons. The number of nitrogens with one attached hydrogen (secondary N) is 1. The highest BCUT2D eigenvalue weighted by Gasteiger charge is 2.24. The Bertz CT molecular complexity index is 499. The molecular weight excluding hydrogens is 264 g/mol. The number of hydrogen-bond donors (Lipinski definition) is 1. The lowest BCUT2D eigenvalue weighted by Crippen LogP contribution is -2.33. The van der Waals surface area contributed by atoms with Gasteiger partial charge < -0.3 is 5.32 Å². The molecule has 102 valence electrons. The van der Waals surface area contributed by atoms with Crippen LogP contribution in [-0.2, 0) is 0 Å². The molecule has 0 bridgehead atoms. The second-order valence-corrected chi connectivity index (χ2v) is 5.47. The largest absolute Gasteiger partial charge is 0.349 e. The van der Waals surface area contributed by atoms with Gasteiger partial charge in [-0.2, -0.15) is 0 Å². The molecule has 1 aromatic carbocycles. The maximum atomic E-state index is 12.2. The van der Waals surface area contributed by atoms with Crippen LogP contribution in [0.5, 0.6) is 0 Å². The molecule has 0 saturated heterocycles. The zero-order valence-corrected chi connectivity index (χ0v) is 11.5. The molecule has 6 heteroatoms. The van der Waals surface area contributed by atoms with E-state index in [1.807, 2.05) is 6.26 Å². The monoisotopic (exact) mass is 280 g/mol. The van der Waals surface area contributed by atoms with E-state index in [4.69, 9.17) is 0 Å². The van der Waals surface area contributed by atoms with Crippen molar-refractivity contribution in [2.24, 2.45) is 0 Å². The van der Waals surface area contributed by atoms with E-state index in [2.05, 4.69) is 5.32 Å². The molecule has 0 atom stereocenters. The van der Waals surface area contributed by atoms with E-state index in [1.54, 1.807) is 12.1 Å². The molecule has 0 spiro atoms. The fourth-order valence-corrected chi connectivity index (χ4v) is 2.76. The van der Waals surface area contributed by atoms with Crippen LogP contribution in [0.3, 0.4) is 0 Å². The standard InChI is InChI=1S/C13H16N2O3S/c1-19-10-6-7-12(15(17)18)11(8-10)13(16)14-9-4-2-3-5-9/h6-9H,2-5H2,1H3,(H,14,16). The van der Waals surface area contributed by atoms with Crippen LogP contribution in [0.4, 0.5) is 5.69 Å². The highest BCUT2D eigenvalue weighted by atomic mass is 32.2. The normalized spacial score (nSPS) is 15.4. The topological polar surface area (TPSA) is 72.2 Å². The van der Waals surface area contributed by atoms with Gasteiger partial charge in [-0.3, -0.25) is 14.9 Å². The van der Waals surface area contributed by atoms with Gasteiger partial charge in [0.1, 0.15) is 5.56 Å². The van der Waals surface area contributed by atoms with Crippen LogP contribution in [0.2, 0.25) is 0 Å². The number of nitrogens with zero attached hydrogens (tertiary/aromatic N) is 1. The van der Waals surface area contributed by atoms with E-state index in [0.717, 1.165) is 30.6 Å². The number of rotatable bonds is 4. The highest BCUT2D eigenvalue weighted by molar-refractivity contribution is 7.98. The summed E-state index contributed by atoms with van der Waals surface area (Å²) in [4.78, 5) is 23.5. The van der Waals surface area contributed by atoms with Gasteiger partial charge in [-0.05, 0) is 31.2 Å². The first kappa shape index (κ1) is 13.9. The molecular formula is C13H16N2O3S. The summed E-state index contributed by atoms with van der Waals surface area (Å²) in [5.74, 6) is -0.338. The zero-order chi connectivity index (χ0) is 13.8. The first-order valence-electron chi connectivity index (χ1n) is 6.25. The van der Waals surface area contributed by atoms with Crippen molar-refractivity contribution in [3.05, 3.63) is 33.9 Å². The van der Waals surface area contributed by atoms with E-state index in [1.165, 1.54) is 17.8 Å². The van der Waals surface area contributed by atoms with Crippen molar-refractivity contribution in [1.82, 2.24) is 5.32 Å². The Balaban J connectivity index is 2.24. The summed E-state index contributed by atoms with van der Waals surface area (Å²) in [7, 11) is 0. The van der Waals surface area contributed by atoms with Crippen LogP contribution in [-0.4, -0.2) is 23.1 Å². The third-order valence-corrected chi connectivity index (χ3v) is 4.06. The maximum Gasteiger partial charge on any atom is 0.282 e. The van der Waals surface area contributed by atoms with Gasteiger partial charge in [0, 0.05) is 17.0 Å². The quantitative estimate of drug-likeness (QED) is 0.523. The molecule has 1 aliphatic rings. The molecule has 1 fully saturated rings. The number of hydrogen-bond acceptors (Lipinski definition) is 4. The Labute approximate surface area is 115 Å².